The molecule has 0 spiro atoms. The molecule has 1 aromatic heterocycles. The highest BCUT2D eigenvalue weighted by Gasteiger charge is 2.16. The normalized spacial score (nSPS) is 10.3. The van der Waals surface area contributed by atoms with Gasteiger partial charge in [-0.2, -0.15) is 5.26 Å². The maximum Gasteiger partial charge on any atom is 0.235 e. The predicted molar refractivity (Wildman–Crippen MR) is 91.4 cm³/mol. The lowest BCUT2D eigenvalue weighted by atomic mass is 10.2. The first-order valence-electron chi connectivity index (χ1n) is 7.52. The van der Waals surface area contributed by atoms with E-state index < -0.39 is 0 Å². The number of hydrogen-bond donors (Lipinski definition) is 0. The lowest BCUT2D eigenvalue weighted by Gasteiger charge is -2.12. The Morgan fingerprint density at radius 1 is 1.16 bits per heavy atom. The molecular formula is C19H15NO5. The van der Waals surface area contributed by atoms with Crippen LogP contribution >= 0.6 is 0 Å². The van der Waals surface area contributed by atoms with Crippen molar-refractivity contribution < 1.29 is 18.6 Å². The van der Waals surface area contributed by atoms with Gasteiger partial charge in [0.25, 0.3) is 0 Å². The average Bonchev–Trinajstić information content (AvgIpc) is 2.63. The van der Waals surface area contributed by atoms with E-state index in [1.165, 1.54) is 7.11 Å². The van der Waals surface area contributed by atoms with E-state index in [-0.39, 0.29) is 17.8 Å². The second kappa shape index (κ2) is 6.97. The van der Waals surface area contributed by atoms with Crippen molar-refractivity contribution in [3.05, 3.63) is 58.4 Å². The zero-order valence-electron chi connectivity index (χ0n) is 13.7. The fourth-order valence-corrected chi connectivity index (χ4v) is 2.40. The van der Waals surface area contributed by atoms with Gasteiger partial charge in [-0.3, -0.25) is 4.79 Å². The molecule has 0 aliphatic heterocycles. The molecule has 0 unspecified atom stereocenters. The highest BCUT2D eigenvalue weighted by molar-refractivity contribution is 5.79. The third-order valence-corrected chi connectivity index (χ3v) is 3.57. The zero-order chi connectivity index (χ0) is 17.8. The number of nitrogens with zero attached hydrogens (tertiary/aromatic N) is 1. The molecule has 25 heavy (non-hydrogen) atoms. The number of ether oxygens (including phenoxy) is 3. The molecule has 3 rings (SSSR count). The standard InChI is InChI=1S/C19H15NO5/c1-12-19(25-16-6-4-3-5-15(16)22-2)18(21)14-8-7-13(23-10-9-20)11-17(14)24-12/h3-8,11H,10H2,1-2H3. The lowest BCUT2D eigenvalue weighted by molar-refractivity contribution is 0.365. The SMILES string of the molecule is COc1ccccc1Oc1c(C)oc2cc(OCC#N)ccc2c1=O. The van der Waals surface area contributed by atoms with Crippen LogP contribution < -0.4 is 19.6 Å². The summed E-state index contributed by atoms with van der Waals surface area (Å²) in [4.78, 5) is 12.8. The lowest BCUT2D eigenvalue weighted by Crippen LogP contribution is -2.08. The van der Waals surface area contributed by atoms with E-state index in [0.29, 0.717) is 34.0 Å². The Bertz CT molecular complexity index is 1020. The number of fused-ring (bicyclic) bond motifs is 1. The van der Waals surface area contributed by atoms with E-state index in [1.54, 1.807) is 43.3 Å². The first-order chi connectivity index (χ1) is 12.1. The van der Waals surface area contributed by atoms with Crippen molar-refractivity contribution in [1.82, 2.24) is 0 Å². The zero-order valence-corrected chi connectivity index (χ0v) is 13.7. The molecule has 0 aliphatic carbocycles. The summed E-state index contributed by atoms with van der Waals surface area (Å²) in [6.45, 7) is 1.57. The summed E-state index contributed by atoms with van der Waals surface area (Å²) in [5.74, 6) is 1.83. The monoisotopic (exact) mass is 337 g/mol. The fourth-order valence-electron chi connectivity index (χ4n) is 2.40. The molecule has 0 saturated carbocycles. The number of benzene rings is 2. The minimum Gasteiger partial charge on any atom is -0.493 e. The van der Waals surface area contributed by atoms with Crippen LogP contribution in [-0.4, -0.2) is 13.7 Å². The van der Waals surface area contributed by atoms with E-state index in [4.69, 9.17) is 23.9 Å². The van der Waals surface area contributed by atoms with Crippen molar-refractivity contribution in [2.24, 2.45) is 0 Å². The Balaban J connectivity index is 2.05. The summed E-state index contributed by atoms with van der Waals surface area (Å²) in [5.41, 5.74) is 0.0711. The van der Waals surface area contributed by atoms with Crippen molar-refractivity contribution in [3.63, 3.8) is 0 Å². The minimum absolute atomic E-state index is 0.0796. The largest absolute Gasteiger partial charge is 0.493 e. The Labute approximate surface area is 143 Å². The van der Waals surface area contributed by atoms with Crippen LogP contribution in [0.5, 0.6) is 23.0 Å². The topological polar surface area (TPSA) is 81.7 Å². The van der Waals surface area contributed by atoms with Gasteiger partial charge in [-0.1, -0.05) is 12.1 Å². The van der Waals surface area contributed by atoms with Crippen molar-refractivity contribution in [2.75, 3.05) is 13.7 Å². The molecular weight excluding hydrogens is 322 g/mol. The van der Waals surface area contributed by atoms with Crippen LogP contribution in [0.2, 0.25) is 0 Å². The molecule has 6 heteroatoms. The van der Waals surface area contributed by atoms with Crippen molar-refractivity contribution >= 4 is 11.0 Å². The number of hydrogen-bond acceptors (Lipinski definition) is 6. The molecule has 0 radical (unpaired) electrons. The van der Waals surface area contributed by atoms with Crippen LogP contribution in [0.1, 0.15) is 5.76 Å². The third-order valence-electron chi connectivity index (χ3n) is 3.57. The Morgan fingerprint density at radius 3 is 2.64 bits per heavy atom. The summed E-state index contributed by atoms with van der Waals surface area (Å²) in [6.07, 6.45) is 0. The summed E-state index contributed by atoms with van der Waals surface area (Å²) in [7, 11) is 1.53. The first kappa shape index (κ1) is 16.4. The maximum absolute atomic E-state index is 12.8. The Kier molecular flexibility index (Phi) is 4.57. The fraction of sp³-hybridized carbons (Fsp3) is 0.158. The third kappa shape index (κ3) is 3.26. The molecule has 0 amide bonds. The molecule has 126 valence electrons. The Morgan fingerprint density at radius 2 is 1.92 bits per heavy atom. The molecule has 0 fully saturated rings. The number of nitriles is 1. The van der Waals surface area contributed by atoms with Crippen LogP contribution in [0.15, 0.2) is 51.7 Å². The van der Waals surface area contributed by atoms with E-state index in [1.807, 2.05) is 12.1 Å². The van der Waals surface area contributed by atoms with Gasteiger partial charge < -0.3 is 18.6 Å². The second-order valence-electron chi connectivity index (χ2n) is 5.17. The van der Waals surface area contributed by atoms with Crippen LogP contribution in [0.3, 0.4) is 0 Å². The number of para-hydroxylation sites is 2. The molecule has 3 aromatic rings. The molecule has 0 N–H and O–H groups in total. The molecule has 2 aromatic carbocycles. The van der Waals surface area contributed by atoms with E-state index in [2.05, 4.69) is 0 Å². The second-order valence-corrected chi connectivity index (χ2v) is 5.17. The highest BCUT2D eigenvalue weighted by Crippen LogP contribution is 2.32. The number of aryl methyl sites for hydroxylation is 1. The van der Waals surface area contributed by atoms with Crippen molar-refractivity contribution in [3.8, 4) is 29.1 Å². The average molecular weight is 337 g/mol. The van der Waals surface area contributed by atoms with Crippen molar-refractivity contribution in [2.45, 2.75) is 6.92 Å². The van der Waals surface area contributed by atoms with Gasteiger partial charge in [-0.05, 0) is 31.2 Å². The smallest absolute Gasteiger partial charge is 0.235 e. The van der Waals surface area contributed by atoms with Crippen LogP contribution in [0.4, 0.5) is 0 Å². The quantitative estimate of drug-likeness (QED) is 0.704. The van der Waals surface area contributed by atoms with Crippen LogP contribution in [-0.2, 0) is 0 Å². The van der Waals surface area contributed by atoms with Crippen molar-refractivity contribution in [1.29, 1.82) is 5.26 Å². The number of methoxy groups -OCH3 is 1. The highest BCUT2D eigenvalue weighted by atomic mass is 16.5. The van der Waals surface area contributed by atoms with E-state index in [9.17, 15) is 4.79 Å². The molecule has 0 atom stereocenters. The van der Waals surface area contributed by atoms with Gasteiger partial charge in [0.15, 0.2) is 18.1 Å². The summed E-state index contributed by atoms with van der Waals surface area (Å²) >= 11 is 0. The van der Waals surface area contributed by atoms with Crippen LogP contribution in [0.25, 0.3) is 11.0 Å². The summed E-state index contributed by atoms with van der Waals surface area (Å²) in [6, 6.07) is 13.7. The molecule has 0 saturated heterocycles. The predicted octanol–water partition coefficient (Wildman–Crippen LogP) is 3.80. The van der Waals surface area contributed by atoms with Gasteiger partial charge in [0.05, 0.1) is 12.5 Å². The van der Waals surface area contributed by atoms with Gasteiger partial charge >= 0.3 is 0 Å². The summed E-state index contributed by atoms with van der Waals surface area (Å²) in [5, 5.41) is 8.93. The first-order valence-corrected chi connectivity index (χ1v) is 7.52. The number of rotatable bonds is 5. The van der Waals surface area contributed by atoms with Crippen LogP contribution in [0, 0.1) is 18.3 Å². The Hall–Kier alpha value is -3.46. The molecule has 0 bridgehead atoms. The van der Waals surface area contributed by atoms with Gasteiger partial charge in [-0.25, -0.2) is 0 Å². The minimum atomic E-state index is -0.295. The van der Waals surface area contributed by atoms with Gasteiger partial charge in [0, 0.05) is 6.07 Å². The van der Waals surface area contributed by atoms with Gasteiger partial charge in [0.1, 0.15) is 23.2 Å². The van der Waals surface area contributed by atoms with E-state index >= 15 is 0 Å². The van der Waals surface area contributed by atoms with Gasteiger partial charge in [-0.15, -0.1) is 0 Å². The maximum atomic E-state index is 12.8. The van der Waals surface area contributed by atoms with E-state index in [0.717, 1.165) is 0 Å². The molecule has 0 aliphatic rings. The molecule has 6 nitrogen and oxygen atoms in total. The van der Waals surface area contributed by atoms with Gasteiger partial charge in [0.2, 0.25) is 11.2 Å². The summed E-state index contributed by atoms with van der Waals surface area (Å²) < 4.78 is 21.9. The molecule has 1 heterocycles.